The van der Waals surface area contributed by atoms with Crippen LogP contribution in [-0.2, 0) is 4.79 Å². The first kappa shape index (κ1) is 13.4. The van der Waals surface area contributed by atoms with E-state index in [1.54, 1.807) is 0 Å². The number of halogens is 1. The molecule has 4 heteroatoms. The highest BCUT2D eigenvalue weighted by atomic mass is 127. The topological polar surface area (TPSA) is 55.1 Å². The van der Waals surface area contributed by atoms with Gasteiger partial charge in [-0.15, -0.1) is 0 Å². The van der Waals surface area contributed by atoms with Gasteiger partial charge in [0.25, 0.3) is 0 Å². The third-order valence-electron chi connectivity index (χ3n) is 2.17. The molecule has 0 bridgehead atoms. The second kappa shape index (κ2) is 6.20. The summed E-state index contributed by atoms with van der Waals surface area (Å²) in [5.74, 6) is 0.312. The molecule has 0 aromatic heterocycles. The van der Waals surface area contributed by atoms with Crippen LogP contribution in [0.5, 0.6) is 0 Å². The van der Waals surface area contributed by atoms with Crippen LogP contribution in [0.25, 0.3) is 0 Å². The Kier molecular flexibility index (Phi) is 5.21. The average Bonchev–Trinajstić information content (AvgIpc) is 2.20. The summed E-state index contributed by atoms with van der Waals surface area (Å²) in [5.41, 5.74) is 6.58. The molecule has 0 fully saturated rings. The van der Waals surface area contributed by atoms with Crippen LogP contribution in [0.1, 0.15) is 20.3 Å². The number of rotatable bonds is 4. The molecule has 0 saturated heterocycles. The quantitative estimate of drug-likeness (QED) is 0.833. The maximum Gasteiger partial charge on any atom is 0.241 e. The first-order valence-corrected chi connectivity index (χ1v) is 6.39. The van der Waals surface area contributed by atoms with Crippen LogP contribution >= 0.6 is 22.6 Å². The number of hydrogen-bond donors (Lipinski definition) is 2. The molecule has 0 aliphatic rings. The van der Waals surface area contributed by atoms with E-state index in [-0.39, 0.29) is 5.91 Å². The zero-order chi connectivity index (χ0) is 12.1. The Bertz CT molecular complexity index is 349. The number of hydrogen-bond acceptors (Lipinski definition) is 2. The summed E-state index contributed by atoms with van der Waals surface area (Å²) in [5, 5.41) is 2.81. The normalized spacial score (nSPS) is 12.6. The number of benzene rings is 1. The van der Waals surface area contributed by atoms with E-state index in [4.69, 9.17) is 5.73 Å². The van der Waals surface area contributed by atoms with Crippen LogP contribution in [0.2, 0.25) is 0 Å². The van der Waals surface area contributed by atoms with Crippen molar-refractivity contribution in [1.82, 2.24) is 0 Å². The van der Waals surface area contributed by atoms with E-state index in [2.05, 4.69) is 41.8 Å². The van der Waals surface area contributed by atoms with Crippen molar-refractivity contribution in [3.05, 3.63) is 27.8 Å². The summed E-state index contributed by atoms with van der Waals surface area (Å²) >= 11 is 2.22. The Balaban J connectivity index is 2.54. The van der Waals surface area contributed by atoms with Crippen LogP contribution in [0.3, 0.4) is 0 Å². The second-order valence-corrected chi connectivity index (χ2v) is 5.48. The standard InChI is InChI=1S/C12H17IN2O/c1-8(2)7-11(14)12(16)15-10-5-3-9(13)4-6-10/h3-6,8,11H,7,14H2,1-2H3,(H,15,16). The van der Waals surface area contributed by atoms with E-state index < -0.39 is 6.04 Å². The highest BCUT2D eigenvalue weighted by molar-refractivity contribution is 14.1. The van der Waals surface area contributed by atoms with Crippen molar-refractivity contribution in [2.75, 3.05) is 5.32 Å². The smallest absolute Gasteiger partial charge is 0.241 e. The molecule has 88 valence electrons. The van der Waals surface area contributed by atoms with Crippen molar-refractivity contribution in [2.45, 2.75) is 26.3 Å². The highest BCUT2D eigenvalue weighted by Crippen LogP contribution is 2.12. The summed E-state index contributed by atoms with van der Waals surface area (Å²) < 4.78 is 1.14. The first-order valence-electron chi connectivity index (χ1n) is 5.31. The Morgan fingerprint density at radius 3 is 2.44 bits per heavy atom. The van der Waals surface area contributed by atoms with Gasteiger partial charge in [0.05, 0.1) is 6.04 Å². The summed E-state index contributed by atoms with van der Waals surface area (Å²) in [4.78, 5) is 11.7. The van der Waals surface area contributed by atoms with Crippen molar-refractivity contribution in [3.63, 3.8) is 0 Å². The van der Waals surface area contributed by atoms with Gasteiger partial charge in [0.15, 0.2) is 0 Å². The summed E-state index contributed by atoms with van der Waals surface area (Å²) in [6.45, 7) is 4.11. The van der Waals surface area contributed by atoms with E-state index in [0.717, 1.165) is 9.26 Å². The Hall–Kier alpha value is -0.620. The Labute approximate surface area is 110 Å². The molecule has 0 radical (unpaired) electrons. The molecule has 0 heterocycles. The minimum atomic E-state index is -0.431. The fourth-order valence-electron chi connectivity index (χ4n) is 1.38. The summed E-state index contributed by atoms with van der Waals surface area (Å²) in [6.07, 6.45) is 0.705. The number of carbonyl (C=O) groups excluding carboxylic acids is 1. The first-order chi connectivity index (χ1) is 7.49. The molecule has 1 atom stereocenters. The average molecular weight is 332 g/mol. The molecular formula is C12H17IN2O. The van der Waals surface area contributed by atoms with Gasteiger partial charge in [-0.2, -0.15) is 0 Å². The van der Waals surface area contributed by atoms with Gasteiger partial charge in [-0.3, -0.25) is 4.79 Å². The lowest BCUT2D eigenvalue weighted by Gasteiger charge is -2.14. The SMILES string of the molecule is CC(C)CC(N)C(=O)Nc1ccc(I)cc1. The van der Waals surface area contributed by atoms with Crippen LogP contribution < -0.4 is 11.1 Å². The molecule has 1 unspecified atom stereocenters. The maximum atomic E-state index is 11.7. The van der Waals surface area contributed by atoms with Crippen LogP contribution in [0.15, 0.2) is 24.3 Å². The van der Waals surface area contributed by atoms with Crippen LogP contribution in [-0.4, -0.2) is 11.9 Å². The predicted molar refractivity (Wildman–Crippen MR) is 75.2 cm³/mol. The fraction of sp³-hybridized carbons (Fsp3) is 0.417. The third kappa shape index (κ3) is 4.49. The lowest BCUT2D eigenvalue weighted by Crippen LogP contribution is -2.36. The Morgan fingerprint density at radius 1 is 1.38 bits per heavy atom. The lowest BCUT2D eigenvalue weighted by molar-refractivity contribution is -0.117. The monoisotopic (exact) mass is 332 g/mol. The van der Waals surface area contributed by atoms with Crippen molar-refractivity contribution >= 4 is 34.2 Å². The van der Waals surface area contributed by atoms with Crippen molar-refractivity contribution in [2.24, 2.45) is 11.7 Å². The fourth-order valence-corrected chi connectivity index (χ4v) is 1.74. The minimum absolute atomic E-state index is 0.116. The number of amides is 1. The number of nitrogens with one attached hydrogen (secondary N) is 1. The molecule has 1 aromatic rings. The molecule has 0 spiro atoms. The Morgan fingerprint density at radius 2 is 1.94 bits per heavy atom. The van der Waals surface area contributed by atoms with E-state index in [1.165, 1.54) is 0 Å². The largest absolute Gasteiger partial charge is 0.325 e. The van der Waals surface area contributed by atoms with E-state index in [1.807, 2.05) is 24.3 Å². The molecular weight excluding hydrogens is 315 g/mol. The molecule has 1 rings (SSSR count). The molecule has 3 nitrogen and oxygen atoms in total. The molecule has 1 aromatic carbocycles. The second-order valence-electron chi connectivity index (χ2n) is 4.23. The minimum Gasteiger partial charge on any atom is -0.325 e. The summed E-state index contributed by atoms with van der Waals surface area (Å²) in [6, 6.07) is 7.22. The van der Waals surface area contributed by atoms with Crippen molar-refractivity contribution < 1.29 is 4.79 Å². The van der Waals surface area contributed by atoms with Gasteiger partial charge < -0.3 is 11.1 Å². The number of nitrogens with two attached hydrogens (primary N) is 1. The highest BCUT2D eigenvalue weighted by Gasteiger charge is 2.14. The van der Waals surface area contributed by atoms with E-state index in [9.17, 15) is 4.79 Å². The lowest BCUT2D eigenvalue weighted by atomic mass is 10.0. The zero-order valence-electron chi connectivity index (χ0n) is 9.53. The van der Waals surface area contributed by atoms with Gasteiger partial charge in [-0.25, -0.2) is 0 Å². The van der Waals surface area contributed by atoms with Gasteiger partial charge in [-0.1, -0.05) is 13.8 Å². The molecule has 0 aliphatic carbocycles. The zero-order valence-corrected chi connectivity index (χ0v) is 11.7. The number of anilines is 1. The van der Waals surface area contributed by atoms with Crippen molar-refractivity contribution in [3.8, 4) is 0 Å². The molecule has 0 aliphatic heterocycles. The summed E-state index contributed by atoms with van der Waals surface area (Å²) in [7, 11) is 0. The van der Waals surface area contributed by atoms with Gasteiger partial charge >= 0.3 is 0 Å². The van der Waals surface area contributed by atoms with E-state index in [0.29, 0.717) is 12.3 Å². The van der Waals surface area contributed by atoms with Crippen LogP contribution in [0, 0.1) is 9.49 Å². The van der Waals surface area contributed by atoms with Crippen LogP contribution in [0.4, 0.5) is 5.69 Å². The van der Waals surface area contributed by atoms with Crippen molar-refractivity contribution in [1.29, 1.82) is 0 Å². The van der Waals surface area contributed by atoms with Gasteiger partial charge in [0.1, 0.15) is 0 Å². The molecule has 16 heavy (non-hydrogen) atoms. The van der Waals surface area contributed by atoms with E-state index >= 15 is 0 Å². The molecule has 3 N–H and O–H groups in total. The number of carbonyl (C=O) groups is 1. The maximum absolute atomic E-state index is 11.7. The van der Waals surface area contributed by atoms with Gasteiger partial charge in [0, 0.05) is 9.26 Å². The molecule has 1 amide bonds. The molecule has 0 saturated carbocycles. The van der Waals surface area contributed by atoms with Gasteiger partial charge in [-0.05, 0) is 59.2 Å². The third-order valence-corrected chi connectivity index (χ3v) is 2.89. The predicted octanol–water partition coefficient (Wildman–Crippen LogP) is 2.60. The van der Waals surface area contributed by atoms with Gasteiger partial charge in [0.2, 0.25) is 5.91 Å².